The molecule has 6 N–H and O–H groups in total. The van der Waals surface area contributed by atoms with Crippen LogP contribution in [-0.2, 0) is 6.67 Å². The molecule has 0 fully saturated rings. The standard InChI is InChI=1S/C15H14N6O2S2/c16-14(24)18-12(22)10-3-1-5-20(7-10)9-21-6-2-4-11(8-21)13(23)19-15(17)25/h1-8H,9H2,(H4-2,16,17,18,19,22,23,24,25)/p+2. The average molecular weight is 376 g/mol. The van der Waals surface area contributed by atoms with Gasteiger partial charge in [0.2, 0.25) is 0 Å². The van der Waals surface area contributed by atoms with Crippen LogP contribution in [0.15, 0.2) is 49.1 Å². The fourth-order valence-electron chi connectivity index (χ4n) is 2.05. The lowest BCUT2D eigenvalue weighted by atomic mass is 10.2. The van der Waals surface area contributed by atoms with E-state index in [1.807, 2.05) is 0 Å². The lowest BCUT2D eigenvalue weighted by Crippen LogP contribution is -2.52. The number of hydrogen-bond donors (Lipinski definition) is 4. The van der Waals surface area contributed by atoms with E-state index in [0.29, 0.717) is 17.8 Å². The lowest BCUT2D eigenvalue weighted by Gasteiger charge is -2.02. The normalized spacial score (nSPS) is 9.92. The van der Waals surface area contributed by atoms with Crippen LogP contribution in [-0.4, -0.2) is 22.0 Å². The second kappa shape index (κ2) is 8.22. The smallest absolute Gasteiger partial charge is 0.343 e. The first-order valence-corrected chi connectivity index (χ1v) is 7.86. The number of carbonyl (C=O) groups is 2. The zero-order valence-electron chi connectivity index (χ0n) is 13.0. The van der Waals surface area contributed by atoms with Crippen LogP contribution in [0.1, 0.15) is 20.7 Å². The Morgan fingerprint density at radius 2 is 1.28 bits per heavy atom. The van der Waals surface area contributed by atoms with Crippen LogP contribution >= 0.6 is 24.4 Å². The summed E-state index contributed by atoms with van der Waals surface area (Å²) >= 11 is 9.31. The Balaban J connectivity index is 2.17. The second-order valence-corrected chi connectivity index (χ2v) is 5.87. The number of aromatic nitrogens is 2. The minimum atomic E-state index is -0.392. The van der Waals surface area contributed by atoms with E-state index in [-0.39, 0.29) is 10.2 Å². The third-order valence-corrected chi connectivity index (χ3v) is 3.25. The van der Waals surface area contributed by atoms with Gasteiger partial charge in [-0.25, -0.2) is 0 Å². The summed E-state index contributed by atoms with van der Waals surface area (Å²) in [5.41, 5.74) is 11.4. The van der Waals surface area contributed by atoms with Gasteiger partial charge in [0.15, 0.2) is 35.0 Å². The molecule has 0 aromatic carbocycles. The first-order chi connectivity index (χ1) is 11.8. The Kier molecular flexibility index (Phi) is 6.03. The Morgan fingerprint density at radius 1 is 0.880 bits per heavy atom. The monoisotopic (exact) mass is 376 g/mol. The minimum Gasteiger partial charge on any atom is -0.376 e. The predicted molar refractivity (Wildman–Crippen MR) is 97.2 cm³/mol. The maximum Gasteiger partial charge on any atom is 0.343 e. The number of thiocarbonyl (C=S) groups is 2. The van der Waals surface area contributed by atoms with E-state index in [1.165, 1.54) is 0 Å². The van der Waals surface area contributed by atoms with Crippen molar-refractivity contribution in [1.29, 1.82) is 0 Å². The van der Waals surface area contributed by atoms with Crippen LogP contribution < -0.4 is 31.2 Å². The van der Waals surface area contributed by atoms with Crippen molar-refractivity contribution in [1.82, 2.24) is 10.6 Å². The van der Waals surface area contributed by atoms with Gasteiger partial charge in [-0.05, 0) is 36.6 Å². The molecule has 0 atom stereocenters. The van der Waals surface area contributed by atoms with E-state index in [9.17, 15) is 9.59 Å². The van der Waals surface area contributed by atoms with E-state index in [2.05, 4.69) is 35.1 Å². The van der Waals surface area contributed by atoms with Crippen molar-refractivity contribution in [2.24, 2.45) is 11.5 Å². The highest BCUT2D eigenvalue weighted by Crippen LogP contribution is 1.95. The van der Waals surface area contributed by atoms with Gasteiger partial charge in [-0.15, -0.1) is 9.13 Å². The van der Waals surface area contributed by atoms with Gasteiger partial charge in [-0.1, -0.05) is 0 Å². The second-order valence-electron chi connectivity index (χ2n) is 4.99. The van der Waals surface area contributed by atoms with E-state index in [0.717, 1.165) is 0 Å². The molecule has 0 saturated carbocycles. The third kappa shape index (κ3) is 5.55. The fraction of sp³-hybridized carbons (Fsp3) is 0.0667. The van der Waals surface area contributed by atoms with Crippen molar-refractivity contribution < 1.29 is 18.7 Å². The summed E-state index contributed by atoms with van der Waals surface area (Å²) < 4.78 is 3.54. The molecule has 2 rings (SSSR count). The molecule has 0 bridgehead atoms. The highest BCUT2D eigenvalue weighted by Gasteiger charge is 2.16. The molecule has 2 amide bonds. The molecule has 0 spiro atoms. The van der Waals surface area contributed by atoms with Crippen LogP contribution in [0.2, 0.25) is 0 Å². The summed E-state index contributed by atoms with van der Waals surface area (Å²) in [6, 6.07) is 6.72. The number of pyridine rings is 2. The molecule has 0 saturated heterocycles. The van der Waals surface area contributed by atoms with Crippen LogP contribution in [0, 0.1) is 0 Å². The van der Waals surface area contributed by atoms with Gasteiger partial charge < -0.3 is 11.5 Å². The molecule has 2 heterocycles. The van der Waals surface area contributed by atoms with Crippen molar-refractivity contribution in [3.05, 3.63) is 60.2 Å². The van der Waals surface area contributed by atoms with Gasteiger partial charge in [-0.2, -0.15) is 0 Å². The predicted octanol–water partition coefficient (Wildman–Crippen LogP) is -1.29. The summed E-state index contributed by atoms with van der Waals surface area (Å²) in [6.07, 6.45) is 6.85. The molecular formula is C15H16N6O2S2+2. The van der Waals surface area contributed by atoms with Gasteiger partial charge in [0.1, 0.15) is 11.1 Å². The van der Waals surface area contributed by atoms with Crippen molar-refractivity contribution >= 4 is 46.5 Å². The van der Waals surface area contributed by atoms with Crippen LogP contribution in [0.25, 0.3) is 0 Å². The topological polar surface area (TPSA) is 118 Å². The summed E-state index contributed by atoms with van der Waals surface area (Å²) in [7, 11) is 0. The highest BCUT2D eigenvalue weighted by atomic mass is 32.1. The molecule has 0 aliphatic heterocycles. The van der Waals surface area contributed by atoms with E-state index >= 15 is 0 Å². The number of rotatable bonds is 4. The Morgan fingerprint density at radius 3 is 1.64 bits per heavy atom. The van der Waals surface area contributed by atoms with Gasteiger partial charge >= 0.3 is 6.67 Å². The third-order valence-electron chi connectivity index (χ3n) is 3.04. The number of amides is 2. The molecule has 0 aliphatic rings. The summed E-state index contributed by atoms with van der Waals surface area (Å²) in [5.74, 6) is -0.784. The van der Waals surface area contributed by atoms with Gasteiger partial charge in [-0.3, -0.25) is 20.2 Å². The Hall–Kier alpha value is -2.98. The molecule has 0 unspecified atom stereocenters. The highest BCUT2D eigenvalue weighted by molar-refractivity contribution is 7.80. The van der Waals surface area contributed by atoms with E-state index in [1.54, 1.807) is 58.2 Å². The number of nitrogens with two attached hydrogens (primary N) is 2. The Labute approximate surface area is 154 Å². The molecule has 25 heavy (non-hydrogen) atoms. The van der Waals surface area contributed by atoms with Crippen molar-refractivity contribution in [2.75, 3.05) is 0 Å². The zero-order chi connectivity index (χ0) is 18.4. The maximum atomic E-state index is 11.9. The van der Waals surface area contributed by atoms with Crippen LogP contribution in [0.5, 0.6) is 0 Å². The summed E-state index contributed by atoms with van der Waals surface area (Å²) in [5, 5.41) is 4.55. The zero-order valence-corrected chi connectivity index (χ0v) is 14.6. The number of hydrogen-bond acceptors (Lipinski definition) is 4. The summed E-state index contributed by atoms with van der Waals surface area (Å²) in [6.45, 7) is 0.377. The maximum absolute atomic E-state index is 11.9. The fourth-order valence-corrected chi connectivity index (χ4v) is 2.23. The van der Waals surface area contributed by atoms with Gasteiger partial charge in [0.25, 0.3) is 11.8 Å². The lowest BCUT2D eigenvalue weighted by molar-refractivity contribution is -0.913. The molecule has 0 aliphatic carbocycles. The Bertz CT molecular complexity index is 786. The molecular weight excluding hydrogens is 360 g/mol. The van der Waals surface area contributed by atoms with Crippen LogP contribution in [0.4, 0.5) is 0 Å². The first kappa shape index (κ1) is 18.4. The molecule has 0 radical (unpaired) electrons. The van der Waals surface area contributed by atoms with E-state index < -0.39 is 11.8 Å². The van der Waals surface area contributed by atoms with Gasteiger partial charge in [0, 0.05) is 12.1 Å². The molecule has 10 heteroatoms. The van der Waals surface area contributed by atoms with Crippen LogP contribution in [0.3, 0.4) is 0 Å². The van der Waals surface area contributed by atoms with Gasteiger partial charge in [0.05, 0.1) is 0 Å². The van der Waals surface area contributed by atoms with Crippen molar-refractivity contribution in [3.8, 4) is 0 Å². The summed E-state index contributed by atoms with van der Waals surface area (Å²) in [4.78, 5) is 23.9. The average Bonchev–Trinajstić information content (AvgIpc) is 2.54. The molecule has 2 aromatic rings. The number of nitrogens with zero attached hydrogens (tertiary/aromatic N) is 2. The first-order valence-electron chi connectivity index (χ1n) is 7.05. The number of nitrogens with one attached hydrogen (secondary N) is 2. The van der Waals surface area contributed by atoms with Crippen molar-refractivity contribution in [3.63, 3.8) is 0 Å². The molecule has 2 aromatic heterocycles. The quantitative estimate of drug-likeness (QED) is 0.390. The molecule has 128 valence electrons. The minimum absolute atomic E-state index is 0.0914. The SMILES string of the molecule is NC(=S)NC(=O)c1ccc[n+](C[n+]2cccc(C(=O)NC(N)=S)c2)c1. The largest absolute Gasteiger partial charge is 0.376 e. The van der Waals surface area contributed by atoms with E-state index in [4.69, 9.17) is 11.5 Å². The van der Waals surface area contributed by atoms with Crippen molar-refractivity contribution in [2.45, 2.75) is 6.67 Å². The molecule has 8 nitrogen and oxygen atoms in total. The number of carbonyl (C=O) groups excluding carboxylic acids is 2.